The van der Waals surface area contributed by atoms with Crippen molar-refractivity contribution in [2.45, 2.75) is 18.1 Å². The number of carboxylic acid groups (broad SMARTS) is 1. The maximum Gasteiger partial charge on any atom is 0.306 e. The van der Waals surface area contributed by atoms with E-state index in [0.717, 1.165) is 5.56 Å². The van der Waals surface area contributed by atoms with E-state index in [9.17, 15) is 19.5 Å². The zero-order valence-corrected chi connectivity index (χ0v) is 13.7. The van der Waals surface area contributed by atoms with Crippen LogP contribution >= 0.6 is 11.6 Å². The van der Waals surface area contributed by atoms with Crippen LogP contribution in [0.3, 0.4) is 0 Å². The number of nitrogens with one attached hydrogen (secondary N) is 1. The summed E-state index contributed by atoms with van der Waals surface area (Å²) in [5, 5.41) is 22.5. The zero-order chi connectivity index (χ0) is 18.2. The summed E-state index contributed by atoms with van der Waals surface area (Å²) >= 11 is 5.99. The lowest BCUT2D eigenvalue weighted by molar-refractivity contribution is -0.139. The Labute approximate surface area is 148 Å². The van der Waals surface area contributed by atoms with Crippen LogP contribution in [0.5, 0.6) is 0 Å². The van der Waals surface area contributed by atoms with E-state index in [1.807, 2.05) is 6.07 Å². The van der Waals surface area contributed by atoms with Crippen molar-refractivity contribution in [2.75, 3.05) is 0 Å². The number of halogens is 1. The molecule has 25 heavy (non-hydrogen) atoms. The minimum atomic E-state index is -1.90. The Kier molecular flexibility index (Phi) is 4.32. The Balaban J connectivity index is 2.10. The first kappa shape index (κ1) is 17.1. The first-order valence-corrected chi connectivity index (χ1v) is 7.83. The molecule has 1 aliphatic carbocycles. The third-order valence-electron chi connectivity index (χ3n) is 4.37. The predicted octanol–water partition coefficient (Wildman–Crippen LogP) is 2.20. The second-order valence-electron chi connectivity index (χ2n) is 5.85. The molecule has 2 unspecified atom stereocenters. The highest BCUT2D eigenvalue weighted by molar-refractivity contribution is 6.30. The van der Waals surface area contributed by atoms with E-state index in [2.05, 4.69) is 5.32 Å². The van der Waals surface area contributed by atoms with Crippen molar-refractivity contribution in [3.63, 3.8) is 0 Å². The fraction of sp³-hybridized carbons (Fsp3) is 0.167. The third-order valence-corrected chi connectivity index (χ3v) is 4.60. The number of ketones is 1. The number of aliphatic carboxylic acids is 1. The molecule has 2 aromatic rings. The average Bonchev–Trinajstić information content (AvgIpc) is 2.77. The van der Waals surface area contributed by atoms with Crippen LogP contribution in [0.4, 0.5) is 0 Å². The summed E-state index contributed by atoms with van der Waals surface area (Å²) in [5.41, 5.74) is 0.0642. The molecule has 0 heterocycles. The molecular weight excluding hydrogens is 346 g/mol. The average molecular weight is 360 g/mol. The summed E-state index contributed by atoms with van der Waals surface area (Å²) in [5.74, 6) is -1.92. The van der Waals surface area contributed by atoms with E-state index < -0.39 is 29.8 Å². The molecule has 0 fully saturated rings. The maximum atomic E-state index is 12.7. The van der Waals surface area contributed by atoms with Gasteiger partial charge in [-0.25, -0.2) is 0 Å². The summed E-state index contributed by atoms with van der Waals surface area (Å²) in [6, 6.07) is 11.9. The number of hydrogen-bond acceptors (Lipinski definition) is 4. The van der Waals surface area contributed by atoms with Crippen LogP contribution in [0.15, 0.2) is 42.5 Å². The summed E-state index contributed by atoms with van der Waals surface area (Å²) in [4.78, 5) is 34.8. The van der Waals surface area contributed by atoms with Gasteiger partial charge in [0.05, 0.1) is 6.42 Å². The van der Waals surface area contributed by atoms with E-state index in [1.54, 1.807) is 30.3 Å². The number of hydrogen-bond donors (Lipinski definition) is 3. The van der Waals surface area contributed by atoms with Gasteiger partial charge in [-0.2, -0.15) is 0 Å². The molecule has 0 aliphatic heterocycles. The van der Waals surface area contributed by atoms with Crippen molar-refractivity contribution in [3.8, 4) is 11.1 Å². The molecule has 1 aliphatic rings. The topological polar surface area (TPSA) is 104 Å². The van der Waals surface area contributed by atoms with Gasteiger partial charge in [0.2, 0.25) is 6.41 Å². The Morgan fingerprint density at radius 2 is 1.96 bits per heavy atom. The van der Waals surface area contributed by atoms with Crippen molar-refractivity contribution in [1.29, 1.82) is 0 Å². The predicted molar refractivity (Wildman–Crippen MR) is 90.4 cm³/mol. The van der Waals surface area contributed by atoms with E-state index in [4.69, 9.17) is 16.7 Å². The lowest BCUT2D eigenvalue weighted by atomic mass is 9.88. The van der Waals surface area contributed by atoms with Gasteiger partial charge in [-0.05, 0) is 34.9 Å². The van der Waals surface area contributed by atoms with Crippen LogP contribution in [-0.4, -0.2) is 33.9 Å². The molecule has 2 aromatic carbocycles. The van der Waals surface area contributed by atoms with E-state index in [1.165, 1.54) is 6.07 Å². The molecule has 0 spiro atoms. The van der Waals surface area contributed by atoms with Crippen molar-refractivity contribution in [1.82, 2.24) is 5.32 Å². The summed E-state index contributed by atoms with van der Waals surface area (Å²) in [7, 11) is 0. The molecule has 3 rings (SSSR count). The molecule has 0 saturated heterocycles. The van der Waals surface area contributed by atoms with Gasteiger partial charge in [-0.1, -0.05) is 35.9 Å². The smallest absolute Gasteiger partial charge is 0.306 e. The number of carbonyl (C=O) groups is 3. The molecule has 2 atom stereocenters. The second-order valence-corrected chi connectivity index (χ2v) is 6.28. The molecule has 0 aromatic heterocycles. The molecule has 128 valence electrons. The highest BCUT2D eigenvalue weighted by Crippen LogP contribution is 2.42. The fourth-order valence-corrected chi connectivity index (χ4v) is 3.38. The summed E-state index contributed by atoms with van der Waals surface area (Å²) in [6.07, 6.45) is -1.95. The Hall–Kier alpha value is -2.70. The number of carboxylic acids is 1. The molecular formula is C18H14ClNO5. The monoisotopic (exact) mass is 359 g/mol. The number of carbonyl (C=O) groups excluding carboxylic acids is 2. The largest absolute Gasteiger partial charge is 0.481 e. The standard InChI is InChI=1S/C18H14ClNO5/c19-12-3-1-2-10(6-12)11-4-5-13-14(7-11)17(25)18(16(13)24,20-9-21)8-15(22)23/h1-7,9,17,25H,8H2,(H,20,21)(H,22,23). The van der Waals surface area contributed by atoms with Gasteiger partial charge in [-0.3, -0.25) is 14.4 Å². The third kappa shape index (κ3) is 2.79. The zero-order valence-electron chi connectivity index (χ0n) is 12.9. The molecule has 6 nitrogen and oxygen atoms in total. The van der Waals surface area contributed by atoms with Crippen LogP contribution < -0.4 is 5.32 Å². The van der Waals surface area contributed by atoms with Crippen LogP contribution in [0, 0.1) is 0 Å². The van der Waals surface area contributed by atoms with Gasteiger partial charge < -0.3 is 15.5 Å². The Morgan fingerprint density at radius 3 is 2.60 bits per heavy atom. The minimum absolute atomic E-state index is 0.189. The molecule has 1 amide bonds. The summed E-state index contributed by atoms with van der Waals surface area (Å²) in [6.45, 7) is 0. The number of benzene rings is 2. The lowest BCUT2D eigenvalue weighted by Gasteiger charge is -2.28. The molecule has 3 N–H and O–H groups in total. The van der Waals surface area contributed by atoms with E-state index in [0.29, 0.717) is 10.6 Å². The number of aliphatic hydroxyl groups is 1. The van der Waals surface area contributed by atoms with Gasteiger partial charge >= 0.3 is 5.97 Å². The van der Waals surface area contributed by atoms with Gasteiger partial charge in [0, 0.05) is 10.6 Å². The first-order valence-electron chi connectivity index (χ1n) is 7.45. The molecule has 0 saturated carbocycles. The Morgan fingerprint density at radius 1 is 1.24 bits per heavy atom. The van der Waals surface area contributed by atoms with Crippen LogP contribution in [0.2, 0.25) is 5.02 Å². The van der Waals surface area contributed by atoms with E-state index in [-0.39, 0.29) is 17.5 Å². The quantitative estimate of drug-likeness (QED) is 0.710. The van der Waals surface area contributed by atoms with Crippen molar-refractivity contribution >= 4 is 29.8 Å². The maximum absolute atomic E-state index is 12.7. The fourth-order valence-electron chi connectivity index (χ4n) is 3.19. The van der Waals surface area contributed by atoms with Crippen molar-refractivity contribution in [3.05, 3.63) is 58.6 Å². The molecule has 0 radical (unpaired) electrons. The number of aliphatic hydroxyl groups excluding tert-OH is 1. The highest BCUT2D eigenvalue weighted by Gasteiger charge is 2.54. The number of Topliss-reactive ketones (excluding diaryl/α,β-unsaturated/α-hetero) is 1. The minimum Gasteiger partial charge on any atom is -0.481 e. The van der Waals surface area contributed by atoms with Gasteiger partial charge in [0.1, 0.15) is 11.6 Å². The first-order chi connectivity index (χ1) is 11.9. The highest BCUT2D eigenvalue weighted by atomic mass is 35.5. The lowest BCUT2D eigenvalue weighted by Crippen LogP contribution is -2.53. The molecule has 7 heteroatoms. The summed E-state index contributed by atoms with van der Waals surface area (Å²) < 4.78 is 0. The van der Waals surface area contributed by atoms with Gasteiger partial charge in [0.25, 0.3) is 0 Å². The SMILES string of the molecule is O=CNC1(CC(=O)O)C(=O)c2ccc(-c3cccc(Cl)c3)cc2C1O. The van der Waals surface area contributed by atoms with E-state index >= 15 is 0 Å². The number of fused-ring (bicyclic) bond motifs is 1. The van der Waals surface area contributed by atoms with Crippen LogP contribution in [0.25, 0.3) is 11.1 Å². The Bertz CT molecular complexity index is 882. The normalized spacial score (nSPS) is 21.7. The van der Waals surface area contributed by atoms with Crippen LogP contribution in [-0.2, 0) is 9.59 Å². The number of rotatable bonds is 5. The van der Waals surface area contributed by atoms with Crippen molar-refractivity contribution in [2.24, 2.45) is 0 Å². The van der Waals surface area contributed by atoms with Crippen LogP contribution in [0.1, 0.15) is 28.4 Å². The van der Waals surface area contributed by atoms with Gasteiger partial charge in [0.15, 0.2) is 5.78 Å². The number of amides is 1. The second kappa shape index (κ2) is 6.31. The van der Waals surface area contributed by atoms with Crippen molar-refractivity contribution < 1.29 is 24.6 Å². The van der Waals surface area contributed by atoms with Gasteiger partial charge in [-0.15, -0.1) is 0 Å². The molecule has 0 bridgehead atoms.